The van der Waals surface area contributed by atoms with E-state index in [1.54, 1.807) is 37.5 Å². The number of rotatable bonds is 9. The number of carbonyl (C=O) groups excluding carboxylic acids is 1. The molecule has 10 heteroatoms. The molecule has 198 valence electrons. The number of anilines is 1. The lowest BCUT2D eigenvalue weighted by atomic mass is 9.86. The Morgan fingerprint density at radius 3 is 2.61 bits per heavy atom. The summed E-state index contributed by atoms with van der Waals surface area (Å²) in [6, 6.07) is 16.7. The van der Waals surface area contributed by atoms with Crippen molar-refractivity contribution in [1.29, 1.82) is 0 Å². The van der Waals surface area contributed by atoms with Crippen LogP contribution in [0.25, 0.3) is 0 Å². The Labute approximate surface area is 227 Å². The topological polar surface area (TPSA) is 103 Å². The van der Waals surface area contributed by atoms with Crippen LogP contribution in [0.5, 0.6) is 17.2 Å². The standard InChI is InChI=1S/C28H30N4O5S/c1-4-34-21-10-8-20(9-11-21)30-27(38)32-31-24-16-28(3,19-7-6-14-29-17-19)37-25-13-12-22(15-23(24)25)36-18-26(33)35-5-2/h6-15,17H,4-5,16,18H2,1-3H3,(H2,30,32,38)/b31-24-/t28-/m1/s1. The summed E-state index contributed by atoms with van der Waals surface area (Å²) in [5.41, 5.74) is 5.38. The number of nitrogens with zero attached hydrogens (tertiary/aromatic N) is 2. The van der Waals surface area contributed by atoms with E-state index in [9.17, 15) is 4.79 Å². The maximum absolute atomic E-state index is 11.8. The number of esters is 1. The summed E-state index contributed by atoms with van der Waals surface area (Å²) in [6.45, 7) is 6.38. The molecular formula is C28H30N4O5S. The number of hydrogen-bond acceptors (Lipinski definition) is 8. The summed E-state index contributed by atoms with van der Waals surface area (Å²) in [6.07, 6.45) is 3.94. The van der Waals surface area contributed by atoms with Gasteiger partial charge in [0.05, 0.1) is 18.9 Å². The second kappa shape index (κ2) is 12.4. The van der Waals surface area contributed by atoms with Gasteiger partial charge in [0.15, 0.2) is 11.7 Å². The maximum Gasteiger partial charge on any atom is 0.344 e. The zero-order valence-electron chi connectivity index (χ0n) is 21.5. The van der Waals surface area contributed by atoms with Gasteiger partial charge >= 0.3 is 5.97 Å². The van der Waals surface area contributed by atoms with Crippen LogP contribution < -0.4 is 25.0 Å². The molecule has 0 saturated heterocycles. The first-order chi connectivity index (χ1) is 18.4. The molecular weight excluding hydrogens is 504 g/mol. The van der Waals surface area contributed by atoms with Crippen LogP contribution in [0.2, 0.25) is 0 Å². The predicted octanol–water partition coefficient (Wildman–Crippen LogP) is 4.81. The van der Waals surface area contributed by atoms with Crippen molar-refractivity contribution < 1.29 is 23.7 Å². The van der Waals surface area contributed by atoms with Gasteiger partial charge in [-0.3, -0.25) is 10.4 Å². The second-order valence-electron chi connectivity index (χ2n) is 8.58. The maximum atomic E-state index is 11.8. The number of carbonyl (C=O) groups is 1. The number of benzene rings is 2. The van der Waals surface area contributed by atoms with Crippen molar-refractivity contribution >= 4 is 34.7 Å². The number of aromatic nitrogens is 1. The highest BCUT2D eigenvalue weighted by Gasteiger charge is 2.37. The third kappa shape index (κ3) is 6.77. The van der Waals surface area contributed by atoms with Gasteiger partial charge in [0.2, 0.25) is 0 Å². The van der Waals surface area contributed by atoms with Crippen molar-refractivity contribution in [3.8, 4) is 17.2 Å². The molecule has 38 heavy (non-hydrogen) atoms. The number of hydrazone groups is 1. The van der Waals surface area contributed by atoms with Crippen LogP contribution >= 0.6 is 12.2 Å². The molecule has 1 aliphatic rings. The molecule has 0 aliphatic carbocycles. The summed E-state index contributed by atoms with van der Waals surface area (Å²) in [5.74, 6) is 1.46. The Balaban J connectivity index is 1.56. The van der Waals surface area contributed by atoms with Crippen molar-refractivity contribution in [2.24, 2.45) is 5.10 Å². The molecule has 3 aromatic rings. The summed E-state index contributed by atoms with van der Waals surface area (Å²) >= 11 is 5.48. The minimum atomic E-state index is -0.709. The zero-order chi connectivity index (χ0) is 27.0. The summed E-state index contributed by atoms with van der Waals surface area (Å²) in [4.78, 5) is 16.0. The third-order valence-corrected chi connectivity index (χ3v) is 5.95. The number of nitrogens with one attached hydrogen (secondary N) is 2. The van der Waals surface area contributed by atoms with E-state index in [-0.39, 0.29) is 6.61 Å². The van der Waals surface area contributed by atoms with E-state index in [0.29, 0.717) is 42.0 Å². The number of ether oxygens (including phenoxy) is 4. The van der Waals surface area contributed by atoms with Crippen molar-refractivity contribution in [1.82, 2.24) is 10.4 Å². The van der Waals surface area contributed by atoms with Gasteiger partial charge in [-0.15, -0.1) is 0 Å². The highest BCUT2D eigenvalue weighted by atomic mass is 32.1. The van der Waals surface area contributed by atoms with Crippen molar-refractivity contribution in [3.05, 3.63) is 78.1 Å². The molecule has 2 aromatic carbocycles. The monoisotopic (exact) mass is 534 g/mol. The number of fused-ring (bicyclic) bond motifs is 1. The van der Waals surface area contributed by atoms with Gasteiger partial charge in [0.1, 0.15) is 22.8 Å². The molecule has 1 atom stereocenters. The van der Waals surface area contributed by atoms with Gasteiger partial charge in [0, 0.05) is 35.6 Å². The fraction of sp³-hybridized carbons (Fsp3) is 0.286. The van der Waals surface area contributed by atoms with E-state index in [1.165, 1.54) is 0 Å². The first-order valence-electron chi connectivity index (χ1n) is 12.3. The Hall–Kier alpha value is -4.18. The van der Waals surface area contributed by atoms with E-state index < -0.39 is 11.6 Å². The molecule has 2 heterocycles. The number of pyridine rings is 1. The van der Waals surface area contributed by atoms with E-state index in [4.69, 9.17) is 31.2 Å². The molecule has 1 aromatic heterocycles. The van der Waals surface area contributed by atoms with Gasteiger partial charge < -0.3 is 24.3 Å². The van der Waals surface area contributed by atoms with E-state index >= 15 is 0 Å². The first kappa shape index (κ1) is 26.9. The number of thiocarbonyl (C=S) groups is 1. The van der Waals surface area contributed by atoms with Crippen LogP contribution in [-0.4, -0.2) is 41.6 Å². The van der Waals surface area contributed by atoms with Gasteiger partial charge in [-0.2, -0.15) is 5.10 Å². The summed E-state index contributed by atoms with van der Waals surface area (Å²) in [7, 11) is 0. The molecule has 2 N–H and O–H groups in total. The van der Waals surface area contributed by atoms with Gasteiger partial charge in [-0.1, -0.05) is 6.07 Å². The first-order valence-corrected chi connectivity index (χ1v) is 12.7. The molecule has 0 bridgehead atoms. The van der Waals surface area contributed by atoms with Crippen LogP contribution in [0.1, 0.15) is 38.3 Å². The molecule has 0 saturated carbocycles. The smallest absolute Gasteiger partial charge is 0.344 e. The molecule has 0 fully saturated rings. The van der Waals surface area contributed by atoms with Crippen LogP contribution in [0.4, 0.5) is 5.69 Å². The van der Waals surface area contributed by atoms with Crippen LogP contribution in [0.3, 0.4) is 0 Å². The van der Waals surface area contributed by atoms with E-state index in [0.717, 1.165) is 22.6 Å². The quantitative estimate of drug-likeness (QED) is 0.227. The lowest BCUT2D eigenvalue weighted by Crippen LogP contribution is -2.38. The average molecular weight is 535 g/mol. The van der Waals surface area contributed by atoms with Crippen LogP contribution in [-0.2, 0) is 15.1 Å². The predicted molar refractivity (Wildman–Crippen MR) is 149 cm³/mol. The third-order valence-electron chi connectivity index (χ3n) is 5.75. The molecule has 1 aliphatic heterocycles. The van der Waals surface area contributed by atoms with Crippen molar-refractivity contribution in [2.45, 2.75) is 32.8 Å². The van der Waals surface area contributed by atoms with Crippen LogP contribution in [0.15, 0.2) is 72.1 Å². The van der Waals surface area contributed by atoms with Gasteiger partial charge in [-0.25, -0.2) is 4.79 Å². The summed E-state index contributed by atoms with van der Waals surface area (Å²) in [5, 5.41) is 8.10. The fourth-order valence-corrected chi connectivity index (χ4v) is 4.13. The van der Waals surface area contributed by atoms with Crippen LogP contribution in [0, 0.1) is 0 Å². The van der Waals surface area contributed by atoms with Crippen molar-refractivity contribution in [3.63, 3.8) is 0 Å². The van der Waals surface area contributed by atoms with Gasteiger partial charge in [-0.05, 0) is 81.5 Å². The second-order valence-corrected chi connectivity index (χ2v) is 8.99. The van der Waals surface area contributed by atoms with E-state index in [2.05, 4.69) is 20.8 Å². The Bertz CT molecular complexity index is 1300. The molecule has 0 amide bonds. The molecule has 0 radical (unpaired) electrons. The SMILES string of the molecule is CCOC(=O)COc1ccc2c(c1)/C(=N\NC(=S)Nc1ccc(OCC)cc1)C[C@](C)(c1cccnc1)O2. The minimum absolute atomic E-state index is 0.193. The summed E-state index contributed by atoms with van der Waals surface area (Å²) < 4.78 is 22.5. The highest BCUT2D eigenvalue weighted by Crippen LogP contribution is 2.40. The molecule has 0 spiro atoms. The molecule has 0 unspecified atom stereocenters. The minimum Gasteiger partial charge on any atom is -0.494 e. The number of hydrogen-bond donors (Lipinski definition) is 2. The zero-order valence-corrected chi connectivity index (χ0v) is 22.3. The average Bonchev–Trinajstić information content (AvgIpc) is 2.92. The fourth-order valence-electron chi connectivity index (χ4n) is 3.97. The molecule has 9 nitrogen and oxygen atoms in total. The Morgan fingerprint density at radius 1 is 1.11 bits per heavy atom. The van der Waals surface area contributed by atoms with E-state index in [1.807, 2.05) is 50.2 Å². The largest absolute Gasteiger partial charge is 0.494 e. The Morgan fingerprint density at radius 2 is 1.89 bits per heavy atom. The normalized spacial score (nSPS) is 17.1. The van der Waals surface area contributed by atoms with Gasteiger partial charge in [0.25, 0.3) is 0 Å². The Kier molecular flexibility index (Phi) is 8.75. The molecule has 4 rings (SSSR count). The van der Waals surface area contributed by atoms with Crippen molar-refractivity contribution in [2.75, 3.05) is 25.1 Å². The highest BCUT2D eigenvalue weighted by molar-refractivity contribution is 7.80. The lowest BCUT2D eigenvalue weighted by molar-refractivity contribution is -0.145. The lowest BCUT2D eigenvalue weighted by Gasteiger charge is -2.36.